The summed E-state index contributed by atoms with van der Waals surface area (Å²) in [7, 11) is 0. The number of carbonyl (C=O) groups excluding carboxylic acids is 8. The Kier molecular flexibility index (Phi) is 23.3. The van der Waals surface area contributed by atoms with E-state index in [1.54, 1.807) is 48.5 Å². The number of ether oxygens (including phenoxy) is 8. The minimum Gasteiger partial charge on any atom is -0.460 e. The second-order valence-corrected chi connectivity index (χ2v) is 17.7. The van der Waals surface area contributed by atoms with Gasteiger partial charge in [-0.3, -0.25) is 0 Å². The molecule has 0 unspecified atom stereocenters. The number of hydrogen-bond acceptors (Lipinski definition) is 16. The zero-order valence-electron chi connectivity index (χ0n) is 44.7. The molecule has 20 nitrogen and oxygen atoms in total. The predicted molar refractivity (Wildman–Crippen MR) is 293 cm³/mol. The Morgan fingerprint density at radius 3 is 0.637 bits per heavy atom. The average molecular weight is 1100 g/mol. The lowest BCUT2D eigenvalue weighted by Gasteiger charge is -2.23. The van der Waals surface area contributed by atoms with Gasteiger partial charge in [0.2, 0.25) is 0 Å². The molecule has 0 radical (unpaired) electrons. The van der Waals surface area contributed by atoms with Crippen LogP contribution in [0.2, 0.25) is 0 Å². The number of benzene rings is 5. The monoisotopic (exact) mass is 1090 g/mol. The van der Waals surface area contributed by atoms with Crippen LogP contribution in [0.1, 0.15) is 72.9 Å². The van der Waals surface area contributed by atoms with Gasteiger partial charge >= 0.3 is 48.3 Å². The van der Waals surface area contributed by atoms with E-state index in [-0.39, 0.29) is 97.9 Å². The summed E-state index contributed by atoms with van der Waals surface area (Å²) in [6.07, 6.45) is -3.04. The van der Waals surface area contributed by atoms with E-state index in [2.05, 4.69) is 47.6 Å². The van der Waals surface area contributed by atoms with E-state index in [0.717, 1.165) is 33.4 Å². The summed E-state index contributed by atoms with van der Waals surface area (Å²) in [5.74, 6) is -2.22. The van der Waals surface area contributed by atoms with Crippen molar-refractivity contribution in [1.82, 2.24) is 21.3 Å². The van der Waals surface area contributed by atoms with Crippen LogP contribution in [0.5, 0.6) is 23.0 Å². The highest BCUT2D eigenvalue weighted by atomic mass is 16.6. The van der Waals surface area contributed by atoms with Crippen molar-refractivity contribution < 1.29 is 76.3 Å². The van der Waals surface area contributed by atoms with Gasteiger partial charge in [-0.25, -0.2) is 38.4 Å². The molecular weight excluding hydrogens is 1030 g/mol. The van der Waals surface area contributed by atoms with E-state index in [1.165, 1.54) is 27.7 Å². The smallest absolute Gasteiger partial charge is 0.412 e. The van der Waals surface area contributed by atoms with E-state index in [1.807, 2.05) is 72.8 Å². The van der Waals surface area contributed by atoms with Crippen molar-refractivity contribution in [2.45, 2.75) is 39.5 Å². The van der Waals surface area contributed by atoms with Crippen molar-refractivity contribution in [1.29, 1.82) is 0 Å². The van der Waals surface area contributed by atoms with Crippen molar-refractivity contribution in [2.24, 2.45) is 0 Å². The number of esters is 4. The first-order chi connectivity index (χ1) is 38.3. The summed E-state index contributed by atoms with van der Waals surface area (Å²) >= 11 is 0. The highest BCUT2D eigenvalue weighted by Gasteiger charge is 2.23. The normalized spacial score (nSPS) is 10.5. The first kappa shape index (κ1) is 60.9. The van der Waals surface area contributed by atoms with E-state index >= 15 is 0 Å². The van der Waals surface area contributed by atoms with Gasteiger partial charge in [0.25, 0.3) is 0 Å². The summed E-state index contributed by atoms with van der Waals surface area (Å²) in [5, 5.41) is 10.1. The second-order valence-electron chi connectivity index (χ2n) is 17.7. The molecule has 0 saturated carbocycles. The third-order valence-corrected chi connectivity index (χ3v) is 11.1. The topological polar surface area (TPSA) is 259 Å². The van der Waals surface area contributed by atoms with Gasteiger partial charge in [-0.1, -0.05) is 99.1 Å². The number of nitrogens with one attached hydrogen (secondary N) is 4. The van der Waals surface area contributed by atoms with E-state index in [0.29, 0.717) is 0 Å². The van der Waals surface area contributed by atoms with Gasteiger partial charge in [0, 0.05) is 34.1 Å². The quantitative estimate of drug-likeness (QED) is 0.0132. The van der Waals surface area contributed by atoms with Gasteiger partial charge in [-0.2, -0.15) is 0 Å². The fraction of sp³-hybridized carbons (Fsp3) is 0.233. The molecule has 0 heterocycles. The molecule has 0 fully saturated rings. The van der Waals surface area contributed by atoms with Crippen LogP contribution in [0.15, 0.2) is 170 Å². The van der Waals surface area contributed by atoms with Crippen LogP contribution in [0.25, 0.3) is 0 Å². The molecule has 4 amide bonds. The van der Waals surface area contributed by atoms with Crippen molar-refractivity contribution in [2.75, 3.05) is 52.6 Å². The SMILES string of the molecule is C=C(C)C(=O)OCCNC(=O)Oc1ccc(C(c2ccc(OC(=O)NCCOC(=O)C(=C)C)cc2)c2ccc(C(c3ccc(OC(=O)NCCOC(=O)C(=C)C)cc3)c3ccc(OC(=O)NCCOC(=O)C(=C)C)cc3)cc2)cc1. The molecule has 0 atom stereocenters. The minimum atomic E-state index is -0.759. The van der Waals surface area contributed by atoms with Crippen LogP contribution < -0.4 is 40.2 Å². The molecule has 0 aromatic heterocycles. The average Bonchev–Trinajstić information content (AvgIpc) is 3.43. The summed E-state index contributed by atoms with van der Waals surface area (Å²) in [6.45, 7) is 19.9. The molecule has 0 aliphatic rings. The molecule has 418 valence electrons. The summed E-state index contributed by atoms with van der Waals surface area (Å²) in [4.78, 5) is 97.3. The molecule has 0 aliphatic heterocycles. The van der Waals surface area contributed by atoms with Crippen LogP contribution in [-0.4, -0.2) is 101 Å². The van der Waals surface area contributed by atoms with Gasteiger partial charge in [0.1, 0.15) is 49.4 Å². The molecule has 80 heavy (non-hydrogen) atoms. The lowest BCUT2D eigenvalue weighted by Crippen LogP contribution is -2.30. The third-order valence-electron chi connectivity index (χ3n) is 11.1. The van der Waals surface area contributed by atoms with Crippen LogP contribution in [0.3, 0.4) is 0 Å². The molecule has 4 N–H and O–H groups in total. The largest absolute Gasteiger partial charge is 0.460 e. The lowest BCUT2D eigenvalue weighted by atomic mass is 9.81. The highest BCUT2D eigenvalue weighted by Crippen LogP contribution is 2.38. The Hall–Kier alpha value is -9.98. The number of amides is 4. The standard InChI is InChI=1S/C60H62N4O16/c1-37(2)53(65)73-33-29-61-57(69)77-47-21-13-43(14-22-47)51(44-15-23-48(24-16-44)78-58(70)62-30-34-74-54(66)38(3)4)41-9-11-42(12-10-41)52(45-17-25-49(26-18-45)79-59(71)63-31-35-75-55(67)39(5)6)46-19-27-50(28-20-46)80-60(72)64-32-36-76-56(68)40(7)8/h9-28,51-52H,1,3,5,7,29-36H2,2,4,6,8H3,(H,61,69)(H,62,70)(H,63,71)(H,64,72). The van der Waals surface area contributed by atoms with Crippen LogP contribution in [0.4, 0.5) is 19.2 Å². The summed E-state index contributed by atoms with van der Waals surface area (Å²) in [5.41, 5.74) is 5.78. The van der Waals surface area contributed by atoms with Crippen molar-refractivity contribution in [3.05, 3.63) is 203 Å². The molecule has 0 bridgehead atoms. The Morgan fingerprint density at radius 1 is 0.312 bits per heavy atom. The lowest BCUT2D eigenvalue weighted by molar-refractivity contribution is -0.139. The number of rotatable bonds is 26. The Morgan fingerprint density at radius 2 is 0.475 bits per heavy atom. The Bertz CT molecular complexity index is 2660. The van der Waals surface area contributed by atoms with E-state index < -0.39 is 60.1 Å². The molecule has 5 aromatic carbocycles. The molecule has 20 heteroatoms. The van der Waals surface area contributed by atoms with E-state index in [4.69, 9.17) is 37.9 Å². The van der Waals surface area contributed by atoms with Gasteiger partial charge < -0.3 is 59.2 Å². The first-order valence-electron chi connectivity index (χ1n) is 24.9. The third kappa shape index (κ3) is 19.9. The highest BCUT2D eigenvalue weighted by molar-refractivity contribution is 5.88. The molecule has 5 rings (SSSR count). The van der Waals surface area contributed by atoms with Crippen molar-refractivity contribution in [3.8, 4) is 23.0 Å². The second kappa shape index (κ2) is 30.7. The summed E-state index contributed by atoms with van der Waals surface area (Å²) in [6, 6.07) is 35.4. The van der Waals surface area contributed by atoms with Gasteiger partial charge in [-0.05, 0) is 110 Å². The zero-order valence-corrected chi connectivity index (χ0v) is 44.7. The number of carbonyl (C=O) groups is 8. The van der Waals surface area contributed by atoms with Crippen molar-refractivity contribution in [3.63, 3.8) is 0 Å². The molecular formula is C60H62N4O16. The first-order valence-corrected chi connectivity index (χ1v) is 24.9. The fourth-order valence-corrected chi connectivity index (χ4v) is 7.20. The van der Waals surface area contributed by atoms with Crippen LogP contribution in [-0.2, 0) is 38.1 Å². The maximum atomic E-state index is 12.6. The maximum absolute atomic E-state index is 12.6. The minimum absolute atomic E-state index is 0.00996. The molecule has 0 spiro atoms. The number of hydrogen-bond donors (Lipinski definition) is 4. The Labute approximate surface area is 462 Å². The van der Waals surface area contributed by atoms with Crippen LogP contribution >= 0.6 is 0 Å². The van der Waals surface area contributed by atoms with Crippen molar-refractivity contribution >= 4 is 48.3 Å². The fourth-order valence-electron chi connectivity index (χ4n) is 7.20. The van der Waals surface area contributed by atoms with Gasteiger partial charge in [-0.15, -0.1) is 0 Å². The molecule has 5 aromatic rings. The van der Waals surface area contributed by atoms with Gasteiger partial charge in [0.15, 0.2) is 0 Å². The zero-order chi connectivity index (χ0) is 58.1. The van der Waals surface area contributed by atoms with E-state index in [9.17, 15) is 38.4 Å². The maximum Gasteiger partial charge on any atom is 0.412 e. The Balaban J connectivity index is 1.41. The molecule has 0 saturated heterocycles. The summed E-state index contributed by atoms with van der Waals surface area (Å²) < 4.78 is 42.0. The molecule has 0 aliphatic carbocycles. The predicted octanol–water partition coefficient (Wildman–Crippen LogP) is 8.88. The van der Waals surface area contributed by atoms with Crippen LogP contribution in [0, 0.1) is 0 Å². The van der Waals surface area contributed by atoms with Gasteiger partial charge in [0.05, 0.1) is 26.2 Å².